The predicted octanol–water partition coefficient (Wildman–Crippen LogP) is 2.06. The van der Waals surface area contributed by atoms with Crippen molar-refractivity contribution >= 4 is 5.91 Å². The first-order valence-corrected chi connectivity index (χ1v) is 8.13. The summed E-state index contributed by atoms with van der Waals surface area (Å²) in [4.78, 5) is 14.7. The van der Waals surface area contributed by atoms with E-state index in [1.165, 1.54) is 0 Å². The van der Waals surface area contributed by atoms with Crippen LogP contribution in [0.5, 0.6) is 0 Å². The molecule has 2 unspecified atom stereocenters. The fourth-order valence-corrected chi connectivity index (χ4v) is 3.08. The summed E-state index contributed by atoms with van der Waals surface area (Å²) in [6.07, 6.45) is 2.19. The number of likely N-dealkylation sites (tertiary alicyclic amines) is 1. The highest BCUT2D eigenvalue weighted by atomic mass is 16.2. The molecule has 0 bridgehead atoms. The monoisotopic (exact) mass is 292 g/mol. The van der Waals surface area contributed by atoms with Crippen LogP contribution in [0.3, 0.4) is 0 Å². The van der Waals surface area contributed by atoms with Gasteiger partial charge in [0.15, 0.2) is 0 Å². The van der Waals surface area contributed by atoms with Crippen LogP contribution < -0.4 is 5.32 Å². The average molecular weight is 292 g/mol. The van der Waals surface area contributed by atoms with E-state index >= 15 is 0 Å². The molecule has 0 aromatic carbocycles. The molecule has 1 saturated heterocycles. The zero-order valence-electron chi connectivity index (χ0n) is 13.7. The number of carbonyl (C=O) groups excluding carboxylic acids is 1. The standard InChI is InChI=1S/C16H28N4O/c1-5-8-17-14-7-9-19(11-12(14)3)16(21)15-10-13(4)18-20(15)6-2/h10,12,14,17H,5-9,11H2,1-4H3. The number of rotatable bonds is 5. The average Bonchev–Trinajstić information content (AvgIpc) is 2.86. The van der Waals surface area contributed by atoms with Gasteiger partial charge in [-0.15, -0.1) is 0 Å². The number of carbonyl (C=O) groups is 1. The van der Waals surface area contributed by atoms with E-state index in [2.05, 4.69) is 24.3 Å². The zero-order chi connectivity index (χ0) is 15.4. The Hall–Kier alpha value is -1.36. The van der Waals surface area contributed by atoms with Crippen LogP contribution in [0.25, 0.3) is 0 Å². The van der Waals surface area contributed by atoms with Crippen LogP contribution >= 0.6 is 0 Å². The van der Waals surface area contributed by atoms with Gasteiger partial charge in [-0.1, -0.05) is 13.8 Å². The van der Waals surface area contributed by atoms with E-state index < -0.39 is 0 Å². The Labute approximate surface area is 127 Å². The van der Waals surface area contributed by atoms with E-state index in [-0.39, 0.29) is 5.91 Å². The maximum atomic E-state index is 12.7. The molecule has 2 atom stereocenters. The van der Waals surface area contributed by atoms with Crippen LogP contribution in [-0.4, -0.2) is 46.3 Å². The summed E-state index contributed by atoms with van der Waals surface area (Å²) in [7, 11) is 0. The summed E-state index contributed by atoms with van der Waals surface area (Å²) in [5.41, 5.74) is 1.63. The Kier molecular flexibility index (Phi) is 5.39. The molecule has 1 aromatic heterocycles. The Morgan fingerprint density at radius 1 is 1.48 bits per heavy atom. The topological polar surface area (TPSA) is 50.2 Å². The number of nitrogens with one attached hydrogen (secondary N) is 1. The fourth-order valence-electron chi connectivity index (χ4n) is 3.08. The summed E-state index contributed by atoms with van der Waals surface area (Å²) < 4.78 is 1.81. The maximum absolute atomic E-state index is 12.7. The van der Waals surface area contributed by atoms with E-state index in [0.29, 0.717) is 12.0 Å². The number of hydrogen-bond acceptors (Lipinski definition) is 3. The molecule has 1 aliphatic rings. The smallest absolute Gasteiger partial charge is 0.272 e. The third kappa shape index (κ3) is 3.64. The second kappa shape index (κ2) is 7.07. The van der Waals surface area contributed by atoms with Gasteiger partial charge in [-0.3, -0.25) is 9.48 Å². The highest BCUT2D eigenvalue weighted by Gasteiger charge is 2.30. The first kappa shape index (κ1) is 16.0. The Morgan fingerprint density at radius 2 is 2.24 bits per heavy atom. The molecule has 2 heterocycles. The van der Waals surface area contributed by atoms with Crippen molar-refractivity contribution in [2.24, 2.45) is 5.92 Å². The van der Waals surface area contributed by atoms with Gasteiger partial charge < -0.3 is 10.2 Å². The molecule has 2 rings (SSSR count). The first-order chi connectivity index (χ1) is 10.1. The van der Waals surface area contributed by atoms with Gasteiger partial charge in [-0.05, 0) is 45.2 Å². The van der Waals surface area contributed by atoms with Crippen molar-refractivity contribution in [2.45, 2.75) is 53.1 Å². The highest BCUT2D eigenvalue weighted by Crippen LogP contribution is 2.19. The van der Waals surface area contributed by atoms with Gasteiger partial charge in [0.05, 0.1) is 5.69 Å². The van der Waals surface area contributed by atoms with Crippen molar-refractivity contribution in [1.82, 2.24) is 20.0 Å². The summed E-state index contributed by atoms with van der Waals surface area (Å²) >= 11 is 0. The lowest BCUT2D eigenvalue weighted by atomic mass is 9.93. The molecular weight excluding hydrogens is 264 g/mol. The summed E-state index contributed by atoms with van der Waals surface area (Å²) in [5.74, 6) is 0.617. The first-order valence-electron chi connectivity index (χ1n) is 8.13. The quantitative estimate of drug-likeness (QED) is 0.904. The normalized spacial score (nSPS) is 22.6. The van der Waals surface area contributed by atoms with Crippen molar-refractivity contribution < 1.29 is 4.79 Å². The minimum absolute atomic E-state index is 0.123. The molecule has 0 aliphatic carbocycles. The lowest BCUT2D eigenvalue weighted by molar-refractivity contribution is 0.0633. The SMILES string of the molecule is CCCNC1CCN(C(=O)c2cc(C)nn2CC)CC1C. The van der Waals surface area contributed by atoms with Crippen LogP contribution in [0.15, 0.2) is 6.07 Å². The number of aryl methyl sites for hydroxylation is 2. The number of piperidine rings is 1. The van der Waals surface area contributed by atoms with Gasteiger partial charge in [0, 0.05) is 25.7 Å². The van der Waals surface area contributed by atoms with Crippen LogP contribution in [-0.2, 0) is 6.54 Å². The highest BCUT2D eigenvalue weighted by molar-refractivity contribution is 5.92. The molecule has 118 valence electrons. The Morgan fingerprint density at radius 3 is 2.86 bits per heavy atom. The largest absolute Gasteiger partial charge is 0.337 e. The van der Waals surface area contributed by atoms with E-state index in [1.807, 2.05) is 29.5 Å². The van der Waals surface area contributed by atoms with Crippen molar-refractivity contribution in [1.29, 1.82) is 0 Å². The third-order valence-corrected chi connectivity index (χ3v) is 4.27. The van der Waals surface area contributed by atoms with Crippen LogP contribution in [0, 0.1) is 12.8 Å². The molecule has 1 amide bonds. The molecule has 21 heavy (non-hydrogen) atoms. The van der Waals surface area contributed by atoms with Gasteiger partial charge >= 0.3 is 0 Å². The van der Waals surface area contributed by atoms with Crippen molar-refractivity contribution in [3.8, 4) is 0 Å². The van der Waals surface area contributed by atoms with E-state index in [9.17, 15) is 4.79 Å². The lowest BCUT2D eigenvalue weighted by Gasteiger charge is -2.37. The molecule has 5 nitrogen and oxygen atoms in total. The minimum atomic E-state index is 0.123. The minimum Gasteiger partial charge on any atom is -0.337 e. The number of hydrogen-bond donors (Lipinski definition) is 1. The molecule has 0 radical (unpaired) electrons. The molecule has 1 aliphatic heterocycles. The van der Waals surface area contributed by atoms with Crippen molar-refractivity contribution in [3.63, 3.8) is 0 Å². The second-order valence-electron chi connectivity index (χ2n) is 6.06. The van der Waals surface area contributed by atoms with Crippen LogP contribution in [0.4, 0.5) is 0 Å². The van der Waals surface area contributed by atoms with Crippen LogP contribution in [0.1, 0.15) is 49.8 Å². The lowest BCUT2D eigenvalue weighted by Crippen LogP contribution is -2.50. The van der Waals surface area contributed by atoms with E-state index in [4.69, 9.17) is 0 Å². The molecule has 1 aromatic rings. The van der Waals surface area contributed by atoms with Crippen LogP contribution in [0.2, 0.25) is 0 Å². The molecule has 1 N–H and O–H groups in total. The number of aromatic nitrogens is 2. The second-order valence-corrected chi connectivity index (χ2v) is 6.06. The zero-order valence-corrected chi connectivity index (χ0v) is 13.7. The molecule has 5 heteroatoms. The molecule has 0 spiro atoms. The predicted molar refractivity (Wildman–Crippen MR) is 84.4 cm³/mol. The van der Waals surface area contributed by atoms with E-state index in [0.717, 1.165) is 50.4 Å². The fraction of sp³-hybridized carbons (Fsp3) is 0.750. The Balaban J connectivity index is 2.01. The van der Waals surface area contributed by atoms with Gasteiger partial charge in [-0.25, -0.2) is 0 Å². The summed E-state index contributed by atoms with van der Waals surface area (Å²) in [5, 5.41) is 7.97. The number of nitrogens with zero attached hydrogens (tertiary/aromatic N) is 3. The molecular formula is C16H28N4O. The van der Waals surface area contributed by atoms with Gasteiger partial charge in [0.25, 0.3) is 5.91 Å². The Bertz CT molecular complexity index is 483. The van der Waals surface area contributed by atoms with Crippen molar-refractivity contribution in [3.05, 3.63) is 17.5 Å². The van der Waals surface area contributed by atoms with Gasteiger partial charge in [-0.2, -0.15) is 5.10 Å². The summed E-state index contributed by atoms with van der Waals surface area (Å²) in [6.45, 7) is 11.8. The summed E-state index contributed by atoms with van der Waals surface area (Å²) in [6, 6.07) is 2.43. The molecule has 1 fully saturated rings. The van der Waals surface area contributed by atoms with Gasteiger partial charge in [0.1, 0.15) is 5.69 Å². The maximum Gasteiger partial charge on any atom is 0.272 e. The molecule has 0 saturated carbocycles. The number of amides is 1. The van der Waals surface area contributed by atoms with Gasteiger partial charge in [0.2, 0.25) is 0 Å². The van der Waals surface area contributed by atoms with Crippen molar-refractivity contribution in [2.75, 3.05) is 19.6 Å². The van der Waals surface area contributed by atoms with E-state index in [1.54, 1.807) is 0 Å². The third-order valence-electron chi connectivity index (χ3n) is 4.27.